The summed E-state index contributed by atoms with van der Waals surface area (Å²) in [5.74, 6) is -0.712. The van der Waals surface area contributed by atoms with Crippen molar-refractivity contribution in [3.63, 3.8) is 0 Å². The van der Waals surface area contributed by atoms with Gasteiger partial charge in [-0.25, -0.2) is 0 Å². The highest BCUT2D eigenvalue weighted by atomic mass is 16.2. The molecule has 1 aromatic rings. The third kappa shape index (κ3) is 3.82. The Kier molecular flexibility index (Phi) is 4.96. The first-order valence-corrected chi connectivity index (χ1v) is 7.40. The normalized spacial score (nSPS) is 16.7. The summed E-state index contributed by atoms with van der Waals surface area (Å²) in [7, 11) is 0. The molecule has 0 spiro atoms. The monoisotopic (exact) mass is 289 g/mol. The van der Waals surface area contributed by atoms with Crippen LogP contribution in [0.2, 0.25) is 0 Å². The van der Waals surface area contributed by atoms with Gasteiger partial charge in [-0.05, 0) is 25.3 Å². The smallest absolute Gasteiger partial charge is 0.244 e. The molecular formula is C16H23N3O2. The summed E-state index contributed by atoms with van der Waals surface area (Å²) in [5, 5.41) is 0. The zero-order valence-electron chi connectivity index (χ0n) is 12.4. The molecule has 114 valence electrons. The molecule has 0 aromatic heterocycles. The maximum absolute atomic E-state index is 12.6. The molecule has 1 aromatic carbocycles. The van der Waals surface area contributed by atoms with Gasteiger partial charge in [0.2, 0.25) is 11.8 Å². The first-order valence-electron chi connectivity index (χ1n) is 7.40. The van der Waals surface area contributed by atoms with Gasteiger partial charge in [0, 0.05) is 6.04 Å². The largest absolute Gasteiger partial charge is 0.368 e. The molecular weight excluding hydrogens is 266 g/mol. The van der Waals surface area contributed by atoms with Crippen molar-refractivity contribution < 1.29 is 9.59 Å². The first-order chi connectivity index (χ1) is 9.99. The quantitative estimate of drug-likeness (QED) is 0.855. The summed E-state index contributed by atoms with van der Waals surface area (Å²) < 4.78 is 0. The zero-order chi connectivity index (χ0) is 15.4. The SMILES string of the molecule is Cc1ccc(C(N)C(=O)N(CC(N)=O)C2CCCC2)cc1. The Labute approximate surface area is 125 Å². The summed E-state index contributed by atoms with van der Waals surface area (Å²) in [6.07, 6.45) is 3.99. The number of nitrogens with two attached hydrogens (primary N) is 2. The Hall–Kier alpha value is -1.88. The van der Waals surface area contributed by atoms with Gasteiger partial charge >= 0.3 is 0 Å². The van der Waals surface area contributed by atoms with Gasteiger partial charge in [0.1, 0.15) is 6.04 Å². The number of carbonyl (C=O) groups excluding carboxylic acids is 2. The van der Waals surface area contributed by atoms with Crippen molar-refractivity contribution in [3.05, 3.63) is 35.4 Å². The fraction of sp³-hybridized carbons (Fsp3) is 0.500. The van der Waals surface area contributed by atoms with Crippen molar-refractivity contribution in [2.45, 2.75) is 44.7 Å². The Morgan fingerprint density at radius 3 is 2.33 bits per heavy atom. The molecule has 1 fully saturated rings. The molecule has 5 nitrogen and oxygen atoms in total. The molecule has 1 aliphatic rings. The first kappa shape index (κ1) is 15.5. The molecule has 2 rings (SSSR count). The molecule has 1 saturated carbocycles. The van der Waals surface area contributed by atoms with Crippen molar-refractivity contribution in [1.29, 1.82) is 0 Å². The highest BCUT2D eigenvalue weighted by molar-refractivity contribution is 5.87. The Bertz CT molecular complexity index is 507. The van der Waals surface area contributed by atoms with Crippen LogP contribution >= 0.6 is 0 Å². The molecule has 5 heteroatoms. The molecule has 21 heavy (non-hydrogen) atoms. The lowest BCUT2D eigenvalue weighted by Gasteiger charge is -2.30. The van der Waals surface area contributed by atoms with Crippen molar-refractivity contribution in [3.8, 4) is 0 Å². The van der Waals surface area contributed by atoms with Gasteiger partial charge in [-0.2, -0.15) is 0 Å². The zero-order valence-corrected chi connectivity index (χ0v) is 12.4. The van der Waals surface area contributed by atoms with E-state index < -0.39 is 11.9 Å². The van der Waals surface area contributed by atoms with Crippen LogP contribution in [0.4, 0.5) is 0 Å². The minimum Gasteiger partial charge on any atom is -0.368 e. The predicted octanol–water partition coefficient (Wildman–Crippen LogP) is 1.25. The Morgan fingerprint density at radius 2 is 1.81 bits per heavy atom. The molecule has 0 heterocycles. The van der Waals surface area contributed by atoms with Crippen LogP contribution in [0.3, 0.4) is 0 Å². The van der Waals surface area contributed by atoms with Gasteiger partial charge in [-0.15, -0.1) is 0 Å². The molecule has 1 unspecified atom stereocenters. The molecule has 2 amide bonds. The number of hydrogen-bond acceptors (Lipinski definition) is 3. The lowest BCUT2D eigenvalue weighted by atomic mass is 10.0. The number of primary amides is 1. The van der Waals surface area contributed by atoms with E-state index in [-0.39, 0.29) is 18.5 Å². The highest BCUT2D eigenvalue weighted by Crippen LogP contribution is 2.25. The average Bonchev–Trinajstić information content (AvgIpc) is 2.98. The van der Waals surface area contributed by atoms with Crippen LogP contribution in [0, 0.1) is 6.92 Å². The fourth-order valence-corrected chi connectivity index (χ4v) is 2.87. The average molecular weight is 289 g/mol. The van der Waals surface area contributed by atoms with E-state index in [1.54, 1.807) is 4.90 Å². The minimum atomic E-state index is -0.745. The van der Waals surface area contributed by atoms with Gasteiger partial charge < -0.3 is 16.4 Å². The van der Waals surface area contributed by atoms with E-state index in [2.05, 4.69) is 0 Å². The maximum atomic E-state index is 12.6. The van der Waals surface area contributed by atoms with Crippen LogP contribution < -0.4 is 11.5 Å². The number of nitrogens with zero attached hydrogens (tertiary/aromatic N) is 1. The Morgan fingerprint density at radius 1 is 1.24 bits per heavy atom. The third-order valence-corrected chi connectivity index (χ3v) is 4.08. The number of aryl methyl sites for hydroxylation is 1. The van der Waals surface area contributed by atoms with E-state index in [0.717, 1.165) is 36.8 Å². The summed E-state index contributed by atoms with van der Waals surface area (Å²) in [4.78, 5) is 25.5. The molecule has 0 bridgehead atoms. The highest BCUT2D eigenvalue weighted by Gasteiger charge is 2.31. The summed E-state index contributed by atoms with van der Waals surface area (Å²) in [6, 6.07) is 6.91. The van der Waals surface area contributed by atoms with E-state index >= 15 is 0 Å². The van der Waals surface area contributed by atoms with Crippen molar-refractivity contribution >= 4 is 11.8 Å². The van der Waals surface area contributed by atoms with Gasteiger partial charge in [0.15, 0.2) is 0 Å². The molecule has 4 N–H and O–H groups in total. The number of benzene rings is 1. The third-order valence-electron chi connectivity index (χ3n) is 4.08. The van der Waals surface area contributed by atoms with Crippen LogP contribution in [0.5, 0.6) is 0 Å². The van der Waals surface area contributed by atoms with E-state index in [0.29, 0.717) is 0 Å². The minimum absolute atomic E-state index is 0.0525. The van der Waals surface area contributed by atoms with Gasteiger partial charge in [-0.1, -0.05) is 42.7 Å². The lowest BCUT2D eigenvalue weighted by molar-refractivity contribution is -0.138. The Balaban J connectivity index is 2.16. The topological polar surface area (TPSA) is 89.4 Å². The van der Waals surface area contributed by atoms with Crippen LogP contribution in [-0.4, -0.2) is 29.3 Å². The molecule has 1 aliphatic carbocycles. The van der Waals surface area contributed by atoms with Crippen LogP contribution in [0.1, 0.15) is 42.9 Å². The summed E-state index contributed by atoms with van der Waals surface area (Å²) >= 11 is 0. The molecule has 0 aliphatic heterocycles. The van der Waals surface area contributed by atoms with Crippen molar-refractivity contribution in [2.24, 2.45) is 11.5 Å². The summed E-state index contributed by atoms with van der Waals surface area (Å²) in [5.41, 5.74) is 13.2. The molecule has 0 saturated heterocycles. The van der Waals surface area contributed by atoms with Crippen LogP contribution in [0.25, 0.3) is 0 Å². The number of rotatable bonds is 5. The van der Waals surface area contributed by atoms with E-state index in [4.69, 9.17) is 11.5 Å². The maximum Gasteiger partial charge on any atom is 0.244 e. The second-order valence-electron chi connectivity index (χ2n) is 5.76. The van der Waals surface area contributed by atoms with E-state index in [1.807, 2.05) is 31.2 Å². The van der Waals surface area contributed by atoms with Gasteiger partial charge in [-0.3, -0.25) is 9.59 Å². The second kappa shape index (κ2) is 6.72. The standard InChI is InChI=1S/C16H23N3O2/c1-11-6-8-12(9-7-11)15(18)16(21)19(10-14(17)20)13-4-2-3-5-13/h6-9,13,15H,2-5,10,18H2,1H3,(H2,17,20). The van der Waals surface area contributed by atoms with Crippen LogP contribution in [-0.2, 0) is 9.59 Å². The van der Waals surface area contributed by atoms with Gasteiger partial charge in [0.25, 0.3) is 0 Å². The van der Waals surface area contributed by atoms with Crippen LogP contribution in [0.15, 0.2) is 24.3 Å². The predicted molar refractivity (Wildman–Crippen MR) is 81.3 cm³/mol. The number of hydrogen-bond donors (Lipinski definition) is 2. The van der Waals surface area contributed by atoms with E-state index in [1.165, 1.54) is 0 Å². The number of carbonyl (C=O) groups is 2. The van der Waals surface area contributed by atoms with Crippen molar-refractivity contribution in [2.75, 3.05) is 6.54 Å². The molecule has 1 atom stereocenters. The summed E-state index contributed by atoms with van der Waals surface area (Å²) in [6.45, 7) is 1.93. The fourth-order valence-electron chi connectivity index (χ4n) is 2.87. The van der Waals surface area contributed by atoms with Crippen molar-refractivity contribution in [1.82, 2.24) is 4.90 Å². The molecule has 0 radical (unpaired) electrons. The van der Waals surface area contributed by atoms with E-state index in [9.17, 15) is 9.59 Å². The van der Waals surface area contributed by atoms with Gasteiger partial charge in [0.05, 0.1) is 6.54 Å². The second-order valence-corrected chi connectivity index (χ2v) is 5.76. The lowest BCUT2D eigenvalue weighted by Crippen LogP contribution is -2.47. The number of amides is 2.